The summed E-state index contributed by atoms with van der Waals surface area (Å²) in [6.07, 6.45) is 2.78. The Kier molecular flexibility index (Phi) is 4.60. The van der Waals surface area contributed by atoms with Crippen LogP contribution in [0.3, 0.4) is 0 Å². The number of aromatic nitrogens is 1. The molecular weight excluding hydrogens is 310 g/mol. The lowest BCUT2D eigenvalue weighted by Gasteiger charge is -2.21. The van der Waals surface area contributed by atoms with E-state index in [9.17, 15) is 14.7 Å². The Morgan fingerprint density at radius 3 is 2.92 bits per heavy atom. The number of carbonyl (C=O) groups excluding carboxylic acids is 2. The van der Waals surface area contributed by atoms with Crippen LogP contribution in [0.2, 0.25) is 0 Å². The van der Waals surface area contributed by atoms with Crippen LogP contribution in [0.1, 0.15) is 11.1 Å². The summed E-state index contributed by atoms with van der Waals surface area (Å²) in [5, 5.41) is 12.3. The Bertz CT molecular complexity index is 736. The zero-order valence-corrected chi connectivity index (χ0v) is 12.9. The number of pyridine rings is 1. The molecule has 0 spiro atoms. The number of cyclic esters (lactones) is 1. The lowest BCUT2D eigenvalue weighted by molar-refractivity contribution is -0.125. The molecule has 124 valence electrons. The standard InChI is InChI=1S/C17H17N3O4/c21-14-5-1-3-12(7-14)10-20-15(11-24-17(20)23)16(22)19-9-13-4-2-6-18-8-13/h1-8,15,21H,9-11H2,(H,19,22)/t15-/m0/s1. The molecule has 7 nitrogen and oxygen atoms in total. The topological polar surface area (TPSA) is 91.8 Å². The summed E-state index contributed by atoms with van der Waals surface area (Å²) < 4.78 is 5.01. The Labute approximate surface area is 138 Å². The molecule has 2 heterocycles. The maximum atomic E-state index is 12.4. The van der Waals surface area contributed by atoms with Crippen LogP contribution in [0.25, 0.3) is 0 Å². The number of hydrogen-bond acceptors (Lipinski definition) is 5. The highest BCUT2D eigenvalue weighted by Crippen LogP contribution is 2.19. The fourth-order valence-electron chi connectivity index (χ4n) is 2.50. The predicted octanol–water partition coefficient (Wildman–Crippen LogP) is 1.42. The quantitative estimate of drug-likeness (QED) is 0.867. The molecule has 0 radical (unpaired) electrons. The van der Waals surface area contributed by atoms with Crippen molar-refractivity contribution in [3.63, 3.8) is 0 Å². The van der Waals surface area contributed by atoms with Gasteiger partial charge in [0.15, 0.2) is 0 Å². The van der Waals surface area contributed by atoms with Gasteiger partial charge in [-0.15, -0.1) is 0 Å². The minimum absolute atomic E-state index is 0.0104. The van der Waals surface area contributed by atoms with E-state index in [4.69, 9.17) is 4.74 Å². The zero-order valence-electron chi connectivity index (χ0n) is 12.9. The van der Waals surface area contributed by atoms with Crippen LogP contribution >= 0.6 is 0 Å². The molecule has 7 heteroatoms. The van der Waals surface area contributed by atoms with Gasteiger partial charge in [-0.25, -0.2) is 4.79 Å². The zero-order chi connectivity index (χ0) is 16.9. The maximum Gasteiger partial charge on any atom is 0.410 e. The Balaban J connectivity index is 1.65. The van der Waals surface area contributed by atoms with Gasteiger partial charge >= 0.3 is 6.09 Å². The number of aromatic hydroxyl groups is 1. The van der Waals surface area contributed by atoms with Crippen molar-refractivity contribution in [3.8, 4) is 5.75 Å². The van der Waals surface area contributed by atoms with Crippen molar-refractivity contribution in [1.29, 1.82) is 0 Å². The van der Waals surface area contributed by atoms with E-state index in [2.05, 4.69) is 10.3 Å². The lowest BCUT2D eigenvalue weighted by Crippen LogP contribution is -2.45. The van der Waals surface area contributed by atoms with Gasteiger partial charge < -0.3 is 15.2 Å². The summed E-state index contributed by atoms with van der Waals surface area (Å²) in [6.45, 7) is 0.534. The second-order valence-electron chi connectivity index (χ2n) is 5.47. The summed E-state index contributed by atoms with van der Waals surface area (Å²) in [4.78, 5) is 29.6. The number of phenols is 1. The van der Waals surface area contributed by atoms with E-state index in [1.54, 1.807) is 42.7 Å². The largest absolute Gasteiger partial charge is 0.508 e. The number of nitrogens with zero attached hydrogens (tertiary/aromatic N) is 2. The van der Waals surface area contributed by atoms with Crippen molar-refractivity contribution in [1.82, 2.24) is 15.2 Å². The van der Waals surface area contributed by atoms with E-state index < -0.39 is 12.1 Å². The average Bonchev–Trinajstić information content (AvgIpc) is 2.95. The lowest BCUT2D eigenvalue weighted by atomic mass is 10.1. The number of rotatable bonds is 5. The second kappa shape index (κ2) is 6.99. The van der Waals surface area contributed by atoms with Crippen LogP contribution in [0, 0.1) is 0 Å². The third-order valence-electron chi connectivity index (χ3n) is 3.73. The highest BCUT2D eigenvalue weighted by molar-refractivity contribution is 5.87. The number of ether oxygens (including phenoxy) is 1. The summed E-state index contributed by atoms with van der Waals surface area (Å²) in [5.41, 5.74) is 1.59. The summed E-state index contributed by atoms with van der Waals surface area (Å²) in [6, 6.07) is 9.50. The van der Waals surface area contributed by atoms with Gasteiger partial charge in [0.25, 0.3) is 0 Å². The normalized spacial score (nSPS) is 16.8. The minimum atomic E-state index is -0.698. The van der Waals surface area contributed by atoms with Crippen LogP contribution in [-0.4, -0.2) is 39.6 Å². The van der Waals surface area contributed by atoms with Crippen molar-refractivity contribution < 1.29 is 19.4 Å². The molecule has 1 aromatic carbocycles. The van der Waals surface area contributed by atoms with Crippen molar-refractivity contribution in [3.05, 3.63) is 59.9 Å². The summed E-state index contributed by atoms with van der Waals surface area (Å²) in [7, 11) is 0. The smallest absolute Gasteiger partial charge is 0.410 e. The van der Waals surface area contributed by atoms with E-state index in [-0.39, 0.29) is 24.8 Å². The van der Waals surface area contributed by atoms with Crippen molar-refractivity contribution in [2.75, 3.05) is 6.61 Å². The number of phenolic OH excluding ortho intramolecular Hbond substituents is 1. The Morgan fingerprint density at radius 1 is 1.33 bits per heavy atom. The van der Waals surface area contributed by atoms with E-state index in [0.29, 0.717) is 6.54 Å². The molecule has 1 aromatic heterocycles. The maximum absolute atomic E-state index is 12.4. The van der Waals surface area contributed by atoms with Crippen LogP contribution < -0.4 is 5.32 Å². The first kappa shape index (κ1) is 15.8. The van der Waals surface area contributed by atoms with Crippen LogP contribution in [-0.2, 0) is 22.6 Å². The summed E-state index contributed by atoms with van der Waals surface area (Å²) >= 11 is 0. The van der Waals surface area contributed by atoms with Gasteiger partial charge in [0.2, 0.25) is 5.91 Å². The molecule has 0 unspecified atom stereocenters. The molecule has 3 rings (SSSR count). The van der Waals surface area contributed by atoms with Gasteiger partial charge in [-0.1, -0.05) is 18.2 Å². The van der Waals surface area contributed by atoms with Gasteiger partial charge in [-0.3, -0.25) is 14.7 Å². The third kappa shape index (κ3) is 3.62. The minimum Gasteiger partial charge on any atom is -0.508 e. The molecule has 2 amide bonds. The first-order chi connectivity index (χ1) is 11.6. The SMILES string of the molecule is O=C(NCc1cccnc1)[C@@H]1COC(=O)N1Cc1cccc(O)c1. The molecule has 0 bridgehead atoms. The van der Waals surface area contributed by atoms with E-state index >= 15 is 0 Å². The first-order valence-corrected chi connectivity index (χ1v) is 7.51. The fourth-order valence-corrected chi connectivity index (χ4v) is 2.50. The first-order valence-electron chi connectivity index (χ1n) is 7.51. The number of nitrogens with one attached hydrogen (secondary N) is 1. The highest BCUT2D eigenvalue weighted by atomic mass is 16.6. The molecule has 1 aliphatic heterocycles. The monoisotopic (exact) mass is 327 g/mol. The second-order valence-corrected chi connectivity index (χ2v) is 5.47. The van der Waals surface area contributed by atoms with E-state index in [0.717, 1.165) is 11.1 Å². The number of benzene rings is 1. The molecule has 1 atom stereocenters. The number of carbonyl (C=O) groups is 2. The molecule has 2 aromatic rings. The third-order valence-corrected chi connectivity index (χ3v) is 3.73. The Morgan fingerprint density at radius 2 is 2.17 bits per heavy atom. The number of hydrogen-bond donors (Lipinski definition) is 2. The molecule has 2 N–H and O–H groups in total. The van der Waals surface area contributed by atoms with Gasteiger partial charge in [0.1, 0.15) is 18.4 Å². The van der Waals surface area contributed by atoms with Crippen LogP contribution in [0.5, 0.6) is 5.75 Å². The van der Waals surface area contributed by atoms with Gasteiger partial charge in [-0.2, -0.15) is 0 Å². The highest BCUT2D eigenvalue weighted by Gasteiger charge is 2.37. The van der Waals surface area contributed by atoms with Crippen molar-refractivity contribution >= 4 is 12.0 Å². The van der Waals surface area contributed by atoms with Crippen molar-refractivity contribution in [2.45, 2.75) is 19.1 Å². The summed E-state index contributed by atoms with van der Waals surface area (Å²) in [5.74, 6) is -0.178. The Hall–Kier alpha value is -3.09. The molecule has 1 fully saturated rings. The molecule has 24 heavy (non-hydrogen) atoms. The van der Waals surface area contributed by atoms with E-state index in [1.165, 1.54) is 4.90 Å². The van der Waals surface area contributed by atoms with Crippen LogP contribution in [0.15, 0.2) is 48.8 Å². The molecule has 0 aliphatic carbocycles. The van der Waals surface area contributed by atoms with Gasteiger partial charge in [0, 0.05) is 18.9 Å². The fraction of sp³-hybridized carbons (Fsp3) is 0.235. The molecule has 1 saturated heterocycles. The van der Waals surface area contributed by atoms with E-state index in [1.807, 2.05) is 6.07 Å². The van der Waals surface area contributed by atoms with Crippen molar-refractivity contribution in [2.24, 2.45) is 0 Å². The van der Waals surface area contributed by atoms with Gasteiger partial charge in [-0.05, 0) is 29.3 Å². The van der Waals surface area contributed by atoms with Gasteiger partial charge in [0.05, 0.1) is 6.54 Å². The number of amides is 2. The molecule has 1 aliphatic rings. The predicted molar refractivity (Wildman–Crippen MR) is 84.9 cm³/mol. The van der Waals surface area contributed by atoms with Crippen LogP contribution in [0.4, 0.5) is 4.79 Å². The molecular formula is C17H17N3O4. The average molecular weight is 327 g/mol. The molecule has 0 saturated carbocycles.